The molecule has 0 amide bonds. The first-order chi connectivity index (χ1) is 4.54. The fourth-order valence-corrected chi connectivity index (χ4v) is 0.612. The number of hydrogen-bond acceptors (Lipinski definition) is 6. The maximum absolute atomic E-state index is 9.29. The summed E-state index contributed by atoms with van der Waals surface area (Å²) in [5, 5.41) is 7.57. The zero-order valence-corrected chi connectivity index (χ0v) is 10.1. The number of aliphatic hydroxyl groups is 1. The van der Waals surface area contributed by atoms with Crippen LogP contribution < -0.4 is 9.79 Å². The van der Waals surface area contributed by atoms with Crippen molar-refractivity contribution in [3.8, 4) is 0 Å². The molecule has 0 bridgehead atoms. The smallest absolute Gasteiger partial charge is 0.781 e. The average molecular weight is 230 g/mol. The zero-order valence-electron chi connectivity index (χ0n) is 5.90. The molecule has 0 radical (unpaired) electrons. The van der Waals surface area contributed by atoms with Crippen LogP contribution in [0.4, 0.5) is 0 Å². The van der Waals surface area contributed by atoms with Crippen LogP contribution in [-0.2, 0) is 13.4 Å². The number of rotatable bonds is 2. The van der Waals surface area contributed by atoms with Gasteiger partial charge in [-0.05, 0) is 6.92 Å². The van der Waals surface area contributed by atoms with Gasteiger partial charge in [0.25, 0.3) is 0 Å². The summed E-state index contributed by atoms with van der Waals surface area (Å²) in [7, 11) is -7.03. The molecule has 0 aromatic heterocycles. The summed E-state index contributed by atoms with van der Waals surface area (Å²) < 4.78 is 21.8. The molecule has 0 saturated heterocycles. The Bertz CT molecular complexity index is 105. The second kappa shape index (κ2) is 14.1. The van der Waals surface area contributed by atoms with Gasteiger partial charge in [0.1, 0.15) is 16.5 Å². The van der Waals surface area contributed by atoms with E-state index in [1.54, 1.807) is 6.92 Å². The average Bonchev–Trinajstić information content (AvgIpc) is 1.62. The molecule has 0 aliphatic rings. The second-order valence-corrected chi connectivity index (χ2v) is 2.73. The van der Waals surface area contributed by atoms with Crippen molar-refractivity contribution in [1.82, 2.24) is 0 Å². The van der Waals surface area contributed by atoms with Crippen LogP contribution >= 0.6 is 16.5 Å². The van der Waals surface area contributed by atoms with Gasteiger partial charge in [0, 0.05) is 6.61 Å². The molecule has 0 heterocycles. The van der Waals surface area contributed by atoms with Crippen molar-refractivity contribution in [2.45, 2.75) is 6.92 Å². The second-order valence-electron chi connectivity index (χ2n) is 0.918. The van der Waals surface area contributed by atoms with Gasteiger partial charge in [-0.25, -0.2) is 0 Å². The Morgan fingerprint density at radius 2 is 1.55 bits per heavy atom. The van der Waals surface area contributed by atoms with Crippen LogP contribution in [0.1, 0.15) is 6.92 Å². The summed E-state index contributed by atoms with van der Waals surface area (Å²) in [6, 6.07) is 0. The summed E-state index contributed by atoms with van der Waals surface area (Å²) in [5.41, 5.74) is 0. The topological polar surface area (TPSA) is 110 Å². The number of hydrogen-bond donors (Lipinski definition) is 1. The molecule has 0 aliphatic heterocycles. The van der Waals surface area contributed by atoms with Gasteiger partial charge in [0.05, 0.1) is 0 Å². The Labute approximate surface area is 95.5 Å². The maximum Gasteiger partial charge on any atom is 2.00 e. The summed E-state index contributed by atoms with van der Waals surface area (Å²) in [4.78, 5) is 18.6. The summed E-state index contributed by atoms with van der Waals surface area (Å²) in [6.07, 6.45) is 0. The van der Waals surface area contributed by atoms with Gasteiger partial charge in [-0.2, -0.15) is 0 Å². The molecule has 9 heteroatoms. The van der Waals surface area contributed by atoms with E-state index in [9.17, 15) is 18.9 Å². The zero-order chi connectivity index (χ0) is 8.57. The fraction of sp³-hybridized carbons (Fsp3) is 1.00. The van der Waals surface area contributed by atoms with Crippen molar-refractivity contribution in [2.75, 3.05) is 6.61 Å². The van der Waals surface area contributed by atoms with E-state index in [1.807, 2.05) is 0 Å². The Morgan fingerprint density at radius 3 is 1.55 bits per heavy atom. The van der Waals surface area contributed by atoms with E-state index in [-0.39, 0.29) is 44.3 Å². The molecule has 1 N–H and O–H groups in total. The molecule has 0 aromatic carbocycles. The monoisotopic (exact) mass is 230 g/mol. The Balaban J connectivity index is -0.000000140. The summed E-state index contributed by atoms with van der Waals surface area (Å²) in [6.45, 7) is 1.93. The summed E-state index contributed by atoms with van der Waals surface area (Å²) in [5.74, 6) is 0. The predicted molar refractivity (Wildman–Crippen MR) is 37.6 cm³/mol. The van der Waals surface area contributed by atoms with Crippen LogP contribution in [0, 0.1) is 0 Å². The molecule has 0 aliphatic carbocycles. The van der Waals surface area contributed by atoms with E-state index in [1.165, 1.54) is 0 Å². The first-order valence-corrected chi connectivity index (χ1v) is 4.70. The van der Waals surface area contributed by atoms with Crippen molar-refractivity contribution in [3.63, 3.8) is 0 Å². The van der Waals surface area contributed by atoms with Gasteiger partial charge in [0.2, 0.25) is 0 Å². The van der Waals surface area contributed by atoms with Crippen LogP contribution in [0.5, 0.6) is 0 Å². The molecule has 0 aromatic rings. The molecule has 6 nitrogen and oxygen atoms in total. The standard InChI is InChI=1S/C2H6O.Ca.H4O5P2/c1-2-3;;1-6(2)5-7(3)4/h3H,2H2,1H3;;6-7H,(H,1,2)(H,3,4)/q;+2;/p-2. The van der Waals surface area contributed by atoms with Gasteiger partial charge < -0.3 is 24.0 Å². The van der Waals surface area contributed by atoms with Crippen molar-refractivity contribution in [3.05, 3.63) is 0 Å². The minimum absolute atomic E-state index is 0. The number of aliphatic hydroxyl groups excluding tert-OH is 1. The van der Waals surface area contributed by atoms with Gasteiger partial charge >= 0.3 is 37.7 Å². The molecular weight excluding hydrogens is 222 g/mol. The van der Waals surface area contributed by atoms with E-state index in [0.29, 0.717) is 0 Å². The third-order valence-corrected chi connectivity index (χ3v) is 1.50. The molecule has 0 saturated carbocycles. The molecule has 0 rings (SSSR count). The molecule has 0 spiro atoms. The first-order valence-electron chi connectivity index (χ1n) is 2.25. The largest absolute Gasteiger partial charge is 2.00 e. The minimum Gasteiger partial charge on any atom is -0.781 e. The Hall–Kier alpha value is 1.56. The van der Waals surface area contributed by atoms with Crippen molar-refractivity contribution < 1.29 is 28.3 Å². The van der Waals surface area contributed by atoms with E-state index < -0.39 is 16.5 Å². The van der Waals surface area contributed by atoms with E-state index >= 15 is 0 Å². The predicted octanol–water partition coefficient (Wildman–Crippen LogP) is -1.88. The molecule has 11 heavy (non-hydrogen) atoms. The molecular formula is C2H8CaO6P2. The molecule has 64 valence electrons. The third-order valence-electron chi connectivity index (χ3n) is 0.167. The third kappa shape index (κ3) is 34.2. The van der Waals surface area contributed by atoms with E-state index in [0.717, 1.165) is 0 Å². The summed E-state index contributed by atoms with van der Waals surface area (Å²) >= 11 is 0. The first kappa shape index (κ1) is 18.4. The van der Waals surface area contributed by atoms with Crippen LogP contribution in [0.2, 0.25) is 0 Å². The normalized spacial score (nSPS) is 13.5. The van der Waals surface area contributed by atoms with Crippen LogP contribution in [0.15, 0.2) is 0 Å². The Kier molecular flexibility index (Phi) is 23.5. The van der Waals surface area contributed by atoms with Crippen LogP contribution in [0.3, 0.4) is 0 Å². The van der Waals surface area contributed by atoms with Gasteiger partial charge in [-0.1, -0.05) is 0 Å². The van der Waals surface area contributed by atoms with Crippen molar-refractivity contribution in [1.29, 1.82) is 0 Å². The maximum atomic E-state index is 9.29. The van der Waals surface area contributed by atoms with Gasteiger partial charge in [-0.15, -0.1) is 0 Å². The molecule has 2 unspecified atom stereocenters. The van der Waals surface area contributed by atoms with Gasteiger partial charge in [-0.3, -0.25) is 4.31 Å². The fourth-order valence-electron chi connectivity index (χ4n) is 0.0680. The minimum atomic E-state index is -3.51. The van der Waals surface area contributed by atoms with Crippen LogP contribution in [-0.4, -0.2) is 49.5 Å². The van der Waals surface area contributed by atoms with Crippen molar-refractivity contribution in [2.24, 2.45) is 0 Å². The molecule has 2 atom stereocenters. The SMILES string of the molecule is CCO.O=[PH]([O-])O[PH](=O)[O-].[Ca+2]. The van der Waals surface area contributed by atoms with Crippen LogP contribution in [0.25, 0.3) is 0 Å². The Morgan fingerprint density at radius 1 is 1.36 bits per heavy atom. The molecule has 0 fully saturated rings. The van der Waals surface area contributed by atoms with E-state index in [4.69, 9.17) is 5.11 Å². The van der Waals surface area contributed by atoms with Gasteiger partial charge in [0.15, 0.2) is 0 Å². The van der Waals surface area contributed by atoms with E-state index in [2.05, 4.69) is 4.31 Å². The van der Waals surface area contributed by atoms with Crippen molar-refractivity contribution >= 4 is 54.2 Å². The quantitative estimate of drug-likeness (QED) is 0.439.